The van der Waals surface area contributed by atoms with Gasteiger partial charge in [0, 0.05) is 11.8 Å². The zero-order chi connectivity index (χ0) is 18.4. The number of esters is 1. The number of benzene rings is 2. The molecule has 0 unspecified atom stereocenters. The van der Waals surface area contributed by atoms with Crippen LogP contribution in [0.25, 0.3) is 0 Å². The summed E-state index contributed by atoms with van der Waals surface area (Å²) >= 11 is 0. The molecule has 3 N–H and O–H groups in total. The number of hydrogen-bond donors (Lipinski definition) is 3. The van der Waals surface area contributed by atoms with Crippen LogP contribution in [-0.2, 0) is 4.74 Å². The normalized spacial score (nSPS) is 9.96. The highest BCUT2D eigenvalue weighted by molar-refractivity contribution is 6.01. The number of phenols is 1. The van der Waals surface area contributed by atoms with E-state index in [1.54, 1.807) is 6.92 Å². The molecule has 0 radical (unpaired) electrons. The summed E-state index contributed by atoms with van der Waals surface area (Å²) in [5.74, 6) is -0.892. The molecular weight excluding hydrogens is 330 g/mol. The molecule has 2 amide bonds. The Morgan fingerprint density at radius 3 is 2.40 bits per heavy atom. The first-order valence-corrected chi connectivity index (χ1v) is 7.23. The van der Waals surface area contributed by atoms with Gasteiger partial charge in [0.15, 0.2) is 0 Å². The second kappa shape index (κ2) is 7.77. The number of carbonyl (C=O) groups excluding carboxylic acids is 2. The van der Waals surface area contributed by atoms with Gasteiger partial charge < -0.3 is 20.5 Å². The minimum absolute atomic E-state index is 0.0197. The van der Waals surface area contributed by atoms with E-state index in [0.29, 0.717) is 11.3 Å². The van der Waals surface area contributed by atoms with Gasteiger partial charge in [0.05, 0.1) is 28.8 Å². The molecule has 9 heteroatoms. The van der Waals surface area contributed by atoms with Crippen molar-refractivity contribution in [2.24, 2.45) is 0 Å². The lowest BCUT2D eigenvalue weighted by molar-refractivity contribution is -0.384. The molecule has 0 saturated heterocycles. The number of nitro benzene ring substituents is 1. The average molecular weight is 345 g/mol. The van der Waals surface area contributed by atoms with E-state index < -0.39 is 22.7 Å². The Balaban J connectivity index is 2.00. The topological polar surface area (TPSA) is 131 Å². The van der Waals surface area contributed by atoms with Gasteiger partial charge in [-0.05, 0) is 37.3 Å². The smallest absolute Gasteiger partial charge is 0.338 e. The SMILES string of the molecule is CCOC(=O)c1ccc(NC(=O)Nc2ccc([N+](=O)[O-])cc2O)cc1. The molecule has 0 aliphatic rings. The van der Waals surface area contributed by atoms with E-state index in [4.69, 9.17) is 4.74 Å². The largest absolute Gasteiger partial charge is 0.506 e. The molecule has 2 rings (SSSR count). The van der Waals surface area contributed by atoms with E-state index >= 15 is 0 Å². The van der Waals surface area contributed by atoms with Crippen molar-refractivity contribution in [2.75, 3.05) is 17.2 Å². The van der Waals surface area contributed by atoms with Crippen LogP contribution >= 0.6 is 0 Å². The van der Waals surface area contributed by atoms with Crippen LogP contribution in [0.5, 0.6) is 5.75 Å². The Bertz CT molecular complexity index is 804. The molecule has 0 heterocycles. The molecule has 0 aromatic heterocycles. The Hall–Kier alpha value is -3.62. The number of nitro groups is 1. The Kier molecular flexibility index (Phi) is 5.51. The van der Waals surface area contributed by atoms with Crippen molar-refractivity contribution in [1.82, 2.24) is 0 Å². The first kappa shape index (κ1) is 17.7. The Morgan fingerprint density at radius 1 is 1.16 bits per heavy atom. The number of aromatic hydroxyl groups is 1. The number of amides is 2. The highest BCUT2D eigenvalue weighted by Crippen LogP contribution is 2.27. The number of ether oxygens (including phenoxy) is 1. The van der Waals surface area contributed by atoms with Crippen LogP contribution in [0, 0.1) is 10.1 Å². The highest BCUT2D eigenvalue weighted by Gasteiger charge is 2.12. The molecule has 0 spiro atoms. The monoisotopic (exact) mass is 345 g/mol. The Labute approximate surface area is 142 Å². The van der Waals surface area contributed by atoms with Crippen LogP contribution in [0.3, 0.4) is 0 Å². The van der Waals surface area contributed by atoms with E-state index in [1.807, 2.05) is 0 Å². The number of rotatable bonds is 5. The summed E-state index contributed by atoms with van der Waals surface area (Å²) in [5, 5.41) is 25.2. The molecule has 0 aliphatic carbocycles. The van der Waals surface area contributed by atoms with Gasteiger partial charge in [-0.2, -0.15) is 0 Å². The summed E-state index contributed by atoms with van der Waals surface area (Å²) in [6.45, 7) is 1.96. The van der Waals surface area contributed by atoms with Crippen molar-refractivity contribution in [3.05, 3.63) is 58.1 Å². The van der Waals surface area contributed by atoms with Crippen molar-refractivity contribution < 1.29 is 24.4 Å². The molecule has 9 nitrogen and oxygen atoms in total. The summed E-state index contributed by atoms with van der Waals surface area (Å²) in [4.78, 5) is 33.4. The lowest BCUT2D eigenvalue weighted by Crippen LogP contribution is -2.19. The molecule has 0 fully saturated rings. The van der Waals surface area contributed by atoms with Crippen LogP contribution < -0.4 is 10.6 Å². The zero-order valence-electron chi connectivity index (χ0n) is 13.2. The maximum absolute atomic E-state index is 11.9. The molecule has 0 atom stereocenters. The van der Waals surface area contributed by atoms with Crippen molar-refractivity contribution in [3.63, 3.8) is 0 Å². The maximum atomic E-state index is 11.9. The highest BCUT2D eigenvalue weighted by atomic mass is 16.6. The van der Waals surface area contributed by atoms with Crippen LogP contribution in [0.2, 0.25) is 0 Å². The second-order valence-corrected chi connectivity index (χ2v) is 4.84. The second-order valence-electron chi connectivity index (χ2n) is 4.84. The fourth-order valence-electron chi connectivity index (χ4n) is 1.93. The van der Waals surface area contributed by atoms with Crippen LogP contribution in [-0.4, -0.2) is 28.6 Å². The van der Waals surface area contributed by atoms with Gasteiger partial charge in [0.25, 0.3) is 5.69 Å². The van der Waals surface area contributed by atoms with Gasteiger partial charge in [-0.25, -0.2) is 9.59 Å². The predicted molar refractivity (Wildman–Crippen MR) is 89.8 cm³/mol. The van der Waals surface area contributed by atoms with Gasteiger partial charge in [-0.15, -0.1) is 0 Å². The summed E-state index contributed by atoms with van der Waals surface area (Å²) in [6, 6.07) is 8.68. The fraction of sp³-hybridized carbons (Fsp3) is 0.125. The van der Waals surface area contributed by atoms with E-state index in [1.165, 1.54) is 30.3 Å². The Morgan fingerprint density at radius 2 is 1.84 bits per heavy atom. The molecule has 2 aromatic rings. The van der Waals surface area contributed by atoms with Crippen molar-refractivity contribution in [3.8, 4) is 5.75 Å². The minimum Gasteiger partial charge on any atom is -0.506 e. The third kappa shape index (κ3) is 4.67. The number of nitrogens with zero attached hydrogens (tertiary/aromatic N) is 1. The first-order chi connectivity index (χ1) is 11.9. The number of carbonyl (C=O) groups is 2. The van der Waals surface area contributed by atoms with Crippen molar-refractivity contribution in [1.29, 1.82) is 0 Å². The van der Waals surface area contributed by atoms with Gasteiger partial charge >= 0.3 is 12.0 Å². The van der Waals surface area contributed by atoms with E-state index in [-0.39, 0.29) is 18.0 Å². The van der Waals surface area contributed by atoms with Gasteiger partial charge in [-0.3, -0.25) is 10.1 Å². The number of anilines is 2. The zero-order valence-corrected chi connectivity index (χ0v) is 13.2. The van der Waals surface area contributed by atoms with Gasteiger partial charge in [-0.1, -0.05) is 0 Å². The average Bonchev–Trinajstić information content (AvgIpc) is 2.57. The lowest BCUT2D eigenvalue weighted by atomic mass is 10.2. The number of non-ortho nitro benzene ring substituents is 1. The molecule has 0 saturated carbocycles. The molecule has 25 heavy (non-hydrogen) atoms. The molecule has 2 aromatic carbocycles. The fourth-order valence-corrected chi connectivity index (χ4v) is 1.93. The molecular formula is C16H15N3O6. The minimum atomic E-state index is -0.659. The van der Waals surface area contributed by atoms with Gasteiger partial charge in [0.2, 0.25) is 0 Å². The van der Waals surface area contributed by atoms with Crippen molar-refractivity contribution in [2.45, 2.75) is 6.92 Å². The third-order valence-electron chi connectivity index (χ3n) is 3.09. The standard InChI is InChI=1S/C16H15N3O6/c1-2-25-15(21)10-3-5-11(6-4-10)17-16(22)18-13-8-7-12(19(23)24)9-14(13)20/h3-9,20H,2H2,1H3,(H2,17,18,22). The van der Waals surface area contributed by atoms with E-state index in [9.17, 15) is 24.8 Å². The molecule has 0 aliphatic heterocycles. The number of nitrogens with one attached hydrogen (secondary N) is 2. The van der Waals surface area contributed by atoms with E-state index in [2.05, 4.69) is 10.6 Å². The maximum Gasteiger partial charge on any atom is 0.338 e. The number of hydrogen-bond acceptors (Lipinski definition) is 6. The quantitative estimate of drug-likeness (QED) is 0.330. The predicted octanol–water partition coefficient (Wildman–Crippen LogP) is 3.12. The van der Waals surface area contributed by atoms with Gasteiger partial charge in [0.1, 0.15) is 5.75 Å². The summed E-state index contributed by atoms with van der Waals surface area (Å²) in [7, 11) is 0. The third-order valence-corrected chi connectivity index (χ3v) is 3.09. The summed E-state index contributed by atoms with van der Waals surface area (Å²) < 4.78 is 4.85. The number of urea groups is 1. The molecule has 130 valence electrons. The van der Waals surface area contributed by atoms with Crippen LogP contribution in [0.4, 0.5) is 21.9 Å². The number of phenolic OH excluding ortho intramolecular Hbond substituents is 1. The first-order valence-electron chi connectivity index (χ1n) is 7.23. The lowest BCUT2D eigenvalue weighted by Gasteiger charge is -2.09. The van der Waals surface area contributed by atoms with Crippen LogP contribution in [0.15, 0.2) is 42.5 Å². The van der Waals surface area contributed by atoms with Crippen molar-refractivity contribution >= 4 is 29.1 Å². The summed E-state index contributed by atoms with van der Waals surface area (Å²) in [6.07, 6.45) is 0. The van der Waals surface area contributed by atoms with E-state index in [0.717, 1.165) is 12.1 Å². The molecule has 0 bridgehead atoms. The van der Waals surface area contributed by atoms with Crippen LogP contribution in [0.1, 0.15) is 17.3 Å². The summed E-state index contributed by atoms with van der Waals surface area (Å²) in [5.41, 5.74) is 0.483.